The molecule has 0 saturated heterocycles. The van der Waals surface area contributed by atoms with Gasteiger partial charge in [-0.3, -0.25) is 0 Å². The van der Waals surface area contributed by atoms with Crippen molar-refractivity contribution in [3.63, 3.8) is 0 Å². The molecule has 0 spiro atoms. The SMILES string of the molecule is O=C1OCCCCCCCC/C=C/c2ccccc21. The summed E-state index contributed by atoms with van der Waals surface area (Å²) < 4.78 is 5.34. The van der Waals surface area contributed by atoms with Gasteiger partial charge in [-0.1, -0.05) is 56.0 Å². The Morgan fingerprint density at radius 1 is 0.895 bits per heavy atom. The topological polar surface area (TPSA) is 26.3 Å². The number of rotatable bonds is 0. The minimum atomic E-state index is -0.197. The molecule has 0 atom stereocenters. The first-order chi connectivity index (χ1) is 9.38. The normalized spacial score (nSPS) is 19.9. The van der Waals surface area contributed by atoms with Crippen LogP contribution in [0.5, 0.6) is 0 Å². The summed E-state index contributed by atoms with van der Waals surface area (Å²) in [6.07, 6.45) is 12.5. The highest BCUT2D eigenvalue weighted by Crippen LogP contribution is 2.15. The van der Waals surface area contributed by atoms with Crippen LogP contribution in [0.3, 0.4) is 0 Å². The molecule has 2 rings (SSSR count). The quantitative estimate of drug-likeness (QED) is 0.636. The zero-order valence-corrected chi connectivity index (χ0v) is 11.4. The number of allylic oxidation sites excluding steroid dienone is 1. The standard InChI is InChI=1S/C17H22O2/c18-17-16-13-9-8-12-15(16)11-7-5-3-1-2-4-6-10-14-19-17/h7-9,11-13H,1-6,10,14H2/b11-7+. The summed E-state index contributed by atoms with van der Waals surface area (Å²) in [4.78, 5) is 12.0. The number of fused-ring (bicyclic) bond motifs is 1. The third-order valence-electron chi connectivity index (χ3n) is 3.48. The van der Waals surface area contributed by atoms with Crippen molar-refractivity contribution in [1.82, 2.24) is 0 Å². The molecule has 1 aromatic carbocycles. The summed E-state index contributed by atoms with van der Waals surface area (Å²) in [6, 6.07) is 7.66. The van der Waals surface area contributed by atoms with E-state index in [2.05, 4.69) is 6.08 Å². The number of hydrogen-bond acceptors (Lipinski definition) is 2. The average molecular weight is 258 g/mol. The summed E-state index contributed by atoms with van der Waals surface area (Å²) >= 11 is 0. The molecule has 1 aliphatic rings. The van der Waals surface area contributed by atoms with Crippen molar-refractivity contribution < 1.29 is 9.53 Å². The maximum atomic E-state index is 12.0. The van der Waals surface area contributed by atoms with Gasteiger partial charge in [0.2, 0.25) is 0 Å². The minimum Gasteiger partial charge on any atom is -0.462 e. The lowest BCUT2D eigenvalue weighted by molar-refractivity contribution is 0.0497. The highest BCUT2D eigenvalue weighted by atomic mass is 16.5. The van der Waals surface area contributed by atoms with Gasteiger partial charge in [0.1, 0.15) is 0 Å². The van der Waals surface area contributed by atoms with Gasteiger partial charge in [0.25, 0.3) is 0 Å². The monoisotopic (exact) mass is 258 g/mol. The Morgan fingerprint density at radius 3 is 2.53 bits per heavy atom. The zero-order chi connectivity index (χ0) is 13.3. The number of hydrogen-bond donors (Lipinski definition) is 0. The lowest BCUT2D eigenvalue weighted by atomic mass is 10.0. The molecule has 0 unspecified atom stereocenters. The summed E-state index contributed by atoms with van der Waals surface area (Å²) in [6.45, 7) is 0.539. The Labute approximate surface area is 115 Å². The van der Waals surface area contributed by atoms with Crippen molar-refractivity contribution in [2.75, 3.05) is 6.61 Å². The number of esters is 1. The third-order valence-corrected chi connectivity index (χ3v) is 3.48. The van der Waals surface area contributed by atoms with Crippen molar-refractivity contribution in [3.05, 3.63) is 41.5 Å². The highest BCUT2D eigenvalue weighted by Gasteiger charge is 2.10. The van der Waals surface area contributed by atoms with E-state index < -0.39 is 0 Å². The van der Waals surface area contributed by atoms with E-state index in [1.165, 1.54) is 25.7 Å². The van der Waals surface area contributed by atoms with Gasteiger partial charge < -0.3 is 4.74 Å². The smallest absolute Gasteiger partial charge is 0.338 e. The number of carbonyl (C=O) groups excluding carboxylic acids is 1. The van der Waals surface area contributed by atoms with Crippen LogP contribution in [0.1, 0.15) is 60.9 Å². The van der Waals surface area contributed by atoms with Gasteiger partial charge in [-0.25, -0.2) is 4.79 Å². The maximum absolute atomic E-state index is 12.0. The van der Waals surface area contributed by atoms with Crippen LogP contribution in [-0.4, -0.2) is 12.6 Å². The van der Waals surface area contributed by atoms with Gasteiger partial charge in [-0.2, -0.15) is 0 Å². The van der Waals surface area contributed by atoms with Gasteiger partial charge in [-0.15, -0.1) is 0 Å². The molecular formula is C17H22O2. The first-order valence-electron chi connectivity index (χ1n) is 7.30. The van der Waals surface area contributed by atoms with Gasteiger partial charge >= 0.3 is 5.97 Å². The Morgan fingerprint density at radius 2 is 1.63 bits per heavy atom. The van der Waals surface area contributed by atoms with Crippen molar-refractivity contribution in [3.8, 4) is 0 Å². The molecule has 1 heterocycles. The molecule has 0 amide bonds. The molecule has 2 nitrogen and oxygen atoms in total. The van der Waals surface area contributed by atoms with Crippen LogP contribution in [0.15, 0.2) is 30.3 Å². The van der Waals surface area contributed by atoms with Crippen LogP contribution in [0.25, 0.3) is 6.08 Å². The maximum Gasteiger partial charge on any atom is 0.338 e. The van der Waals surface area contributed by atoms with E-state index >= 15 is 0 Å². The molecule has 0 radical (unpaired) electrons. The Kier molecular flexibility index (Phi) is 5.67. The molecule has 0 N–H and O–H groups in total. The fourth-order valence-electron chi connectivity index (χ4n) is 2.35. The molecule has 1 aromatic rings. The second kappa shape index (κ2) is 7.78. The molecule has 0 saturated carbocycles. The van der Waals surface area contributed by atoms with Gasteiger partial charge in [0, 0.05) is 0 Å². The predicted molar refractivity (Wildman–Crippen MR) is 78.1 cm³/mol. The second-order valence-electron chi connectivity index (χ2n) is 5.04. The van der Waals surface area contributed by atoms with Crippen molar-refractivity contribution >= 4 is 12.0 Å². The van der Waals surface area contributed by atoms with E-state index in [0.29, 0.717) is 12.2 Å². The van der Waals surface area contributed by atoms with Crippen LogP contribution in [-0.2, 0) is 4.74 Å². The fourth-order valence-corrected chi connectivity index (χ4v) is 2.35. The first-order valence-corrected chi connectivity index (χ1v) is 7.30. The number of ether oxygens (including phenoxy) is 1. The molecule has 2 heteroatoms. The van der Waals surface area contributed by atoms with Gasteiger partial charge in [-0.05, 0) is 30.9 Å². The van der Waals surface area contributed by atoms with E-state index in [4.69, 9.17) is 4.74 Å². The summed E-state index contributed by atoms with van der Waals surface area (Å²) in [5, 5.41) is 0. The van der Waals surface area contributed by atoms with Crippen LogP contribution in [0.4, 0.5) is 0 Å². The Bertz CT molecular complexity index is 435. The van der Waals surface area contributed by atoms with Crippen LogP contribution >= 0.6 is 0 Å². The zero-order valence-electron chi connectivity index (χ0n) is 11.4. The minimum absolute atomic E-state index is 0.197. The Hall–Kier alpha value is -1.57. The molecule has 0 aromatic heterocycles. The lowest BCUT2D eigenvalue weighted by Crippen LogP contribution is -2.08. The highest BCUT2D eigenvalue weighted by molar-refractivity contribution is 5.93. The summed E-state index contributed by atoms with van der Waals surface area (Å²) in [7, 11) is 0. The Balaban J connectivity index is 2.11. The predicted octanol–water partition coefficient (Wildman–Crippen LogP) is 4.60. The van der Waals surface area contributed by atoms with E-state index in [1.54, 1.807) is 0 Å². The first kappa shape index (κ1) is 13.9. The van der Waals surface area contributed by atoms with Crippen LogP contribution in [0.2, 0.25) is 0 Å². The van der Waals surface area contributed by atoms with Crippen molar-refractivity contribution in [1.29, 1.82) is 0 Å². The average Bonchev–Trinajstić information content (AvgIpc) is 2.44. The molecule has 102 valence electrons. The van der Waals surface area contributed by atoms with Crippen LogP contribution < -0.4 is 0 Å². The number of benzene rings is 1. The summed E-state index contributed by atoms with van der Waals surface area (Å²) in [5.41, 5.74) is 1.64. The molecule has 19 heavy (non-hydrogen) atoms. The lowest BCUT2D eigenvalue weighted by Gasteiger charge is -2.08. The molecular weight excluding hydrogens is 236 g/mol. The number of cyclic esters (lactones) is 1. The summed E-state index contributed by atoms with van der Waals surface area (Å²) in [5.74, 6) is -0.197. The van der Waals surface area contributed by atoms with E-state index in [-0.39, 0.29) is 5.97 Å². The van der Waals surface area contributed by atoms with E-state index in [1.807, 2.05) is 30.3 Å². The fraction of sp³-hybridized carbons (Fsp3) is 0.471. The third kappa shape index (κ3) is 4.55. The van der Waals surface area contributed by atoms with E-state index in [0.717, 1.165) is 24.8 Å². The van der Waals surface area contributed by atoms with E-state index in [9.17, 15) is 4.79 Å². The van der Waals surface area contributed by atoms with Gasteiger partial charge in [0.15, 0.2) is 0 Å². The molecule has 0 fully saturated rings. The second-order valence-corrected chi connectivity index (χ2v) is 5.04. The number of carbonyl (C=O) groups is 1. The van der Waals surface area contributed by atoms with Crippen molar-refractivity contribution in [2.24, 2.45) is 0 Å². The molecule has 0 bridgehead atoms. The van der Waals surface area contributed by atoms with Gasteiger partial charge in [0.05, 0.1) is 12.2 Å². The molecule has 1 aliphatic heterocycles. The van der Waals surface area contributed by atoms with Crippen LogP contribution in [0, 0.1) is 0 Å². The largest absolute Gasteiger partial charge is 0.462 e. The van der Waals surface area contributed by atoms with Crippen molar-refractivity contribution in [2.45, 2.75) is 44.9 Å². The molecule has 0 aliphatic carbocycles.